The van der Waals surface area contributed by atoms with Crippen LogP contribution in [-0.4, -0.2) is 144 Å². The molecule has 9 N–H and O–H groups in total. The van der Waals surface area contributed by atoms with Gasteiger partial charge in [0.1, 0.15) is 54.9 Å². The zero-order valence-electron chi connectivity index (χ0n) is 17.6. The molecule has 0 aromatic heterocycles. The normalized spacial score (nSPS) is 53.6. The van der Waals surface area contributed by atoms with Crippen molar-refractivity contribution in [2.24, 2.45) is 0 Å². The number of aliphatic hydroxyl groups excluding tert-OH is 8. The first-order chi connectivity index (χ1) is 15.3. The number of aliphatic carboxylic acids is 1. The Balaban J connectivity index is 1.84. The summed E-state index contributed by atoms with van der Waals surface area (Å²) in [6.45, 7) is 2.74. The molecule has 3 fully saturated rings. The number of carboxylic acid groups (broad SMARTS) is 1. The van der Waals surface area contributed by atoms with Crippen molar-refractivity contribution in [2.45, 2.75) is 106 Å². The summed E-state index contributed by atoms with van der Waals surface area (Å²) in [6, 6.07) is 0. The summed E-state index contributed by atoms with van der Waals surface area (Å²) in [6.07, 6.45) is -25.0. The Bertz CT molecular complexity index is 679. The van der Waals surface area contributed by atoms with E-state index in [4.69, 9.17) is 23.7 Å². The highest BCUT2D eigenvalue weighted by Gasteiger charge is 2.54. The van der Waals surface area contributed by atoms with E-state index in [-0.39, 0.29) is 0 Å². The van der Waals surface area contributed by atoms with Crippen molar-refractivity contribution in [1.82, 2.24) is 0 Å². The molecule has 0 spiro atoms. The van der Waals surface area contributed by atoms with E-state index in [1.165, 1.54) is 13.8 Å². The fourth-order valence-corrected chi connectivity index (χ4v) is 3.89. The molecular formula is C18H30O15. The van der Waals surface area contributed by atoms with Crippen molar-refractivity contribution < 1.29 is 74.4 Å². The van der Waals surface area contributed by atoms with E-state index < -0.39 is 98.1 Å². The topological polar surface area (TPSA) is 245 Å². The minimum Gasteiger partial charge on any atom is -0.479 e. The molecule has 3 rings (SSSR count). The number of rotatable bonds is 5. The van der Waals surface area contributed by atoms with Crippen LogP contribution in [0.3, 0.4) is 0 Å². The molecule has 0 aromatic rings. The Morgan fingerprint density at radius 2 is 1.09 bits per heavy atom. The molecule has 15 atom stereocenters. The summed E-state index contributed by atoms with van der Waals surface area (Å²) in [5.41, 5.74) is 0. The summed E-state index contributed by atoms with van der Waals surface area (Å²) in [4.78, 5) is 11.6. The first-order valence-corrected chi connectivity index (χ1v) is 10.3. The maximum Gasteiger partial charge on any atom is 0.335 e. The van der Waals surface area contributed by atoms with Crippen LogP contribution in [-0.2, 0) is 28.5 Å². The average molecular weight is 486 g/mol. The predicted molar refractivity (Wildman–Crippen MR) is 99.0 cm³/mol. The number of aliphatic hydroxyl groups is 8. The molecule has 0 amide bonds. The third-order valence-electron chi connectivity index (χ3n) is 5.98. The summed E-state index contributed by atoms with van der Waals surface area (Å²) < 4.78 is 26.6. The molecule has 192 valence electrons. The SMILES string of the molecule is C[C@@H]1O[C@@H](O[C@H]2[C@H](O[C@@H]3[C@H](O)[C@@H](O)[C@H](O)O[C@@H]3C(=O)O)O[C@@H](C)[C@H](O)[C@H]2O)[C@H](O)[C@H](O)[C@H]1O. The van der Waals surface area contributed by atoms with Crippen LogP contribution in [0.4, 0.5) is 0 Å². The van der Waals surface area contributed by atoms with Crippen LogP contribution in [0.5, 0.6) is 0 Å². The van der Waals surface area contributed by atoms with Crippen molar-refractivity contribution in [1.29, 1.82) is 0 Å². The molecular weight excluding hydrogens is 456 g/mol. The molecule has 33 heavy (non-hydrogen) atoms. The number of hydrogen-bond acceptors (Lipinski definition) is 14. The minimum absolute atomic E-state index is 1.00. The van der Waals surface area contributed by atoms with Gasteiger partial charge in [-0.1, -0.05) is 0 Å². The fourth-order valence-electron chi connectivity index (χ4n) is 3.89. The molecule has 0 bridgehead atoms. The van der Waals surface area contributed by atoms with E-state index in [1.54, 1.807) is 0 Å². The molecule has 0 radical (unpaired) electrons. The lowest BCUT2D eigenvalue weighted by atomic mass is 9.96. The molecule has 0 saturated carbocycles. The van der Waals surface area contributed by atoms with Crippen molar-refractivity contribution in [2.75, 3.05) is 0 Å². The van der Waals surface area contributed by atoms with Crippen molar-refractivity contribution in [3.05, 3.63) is 0 Å². The zero-order valence-corrected chi connectivity index (χ0v) is 17.6. The van der Waals surface area contributed by atoms with Gasteiger partial charge in [-0.05, 0) is 13.8 Å². The molecule has 3 saturated heterocycles. The highest BCUT2D eigenvalue weighted by Crippen LogP contribution is 2.32. The van der Waals surface area contributed by atoms with Gasteiger partial charge < -0.3 is 69.6 Å². The van der Waals surface area contributed by atoms with Crippen LogP contribution in [0, 0.1) is 0 Å². The van der Waals surface area contributed by atoms with Crippen LogP contribution < -0.4 is 0 Å². The number of carboxylic acids is 1. The number of hydrogen-bond donors (Lipinski definition) is 9. The van der Waals surface area contributed by atoms with Gasteiger partial charge in [0.2, 0.25) is 0 Å². The average Bonchev–Trinajstić information content (AvgIpc) is 2.76. The van der Waals surface area contributed by atoms with Crippen molar-refractivity contribution in [3.63, 3.8) is 0 Å². The highest BCUT2D eigenvalue weighted by atomic mass is 16.8. The third-order valence-corrected chi connectivity index (χ3v) is 5.98. The molecule has 3 heterocycles. The molecule has 0 aromatic carbocycles. The summed E-state index contributed by atoms with van der Waals surface area (Å²) in [7, 11) is 0. The maximum atomic E-state index is 11.6. The summed E-state index contributed by atoms with van der Waals surface area (Å²) in [5, 5.41) is 89.9. The molecule has 3 aliphatic heterocycles. The lowest BCUT2D eigenvalue weighted by molar-refractivity contribution is -0.380. The van der Waals surface area contributed by atoms with Gasteiger partial charge >= 0.3 is 5.97 Å². The van der Waals surface area contributed by atoms with Crippen LogP contribution in [0.15, 0.2) is 0 Å². The minimum atomic E-state index is -2.02. The zero-order chi connectivity index (χ0) is 24.8. The van der Waals surface area contributed by atoms with Crippen molar-refractivity contribution >= 4 is 5.97 Å². The molecule has 3 aliphatic rings. The standard InChI is InChI=1S/C18H30O15/c1-3-5(19)7(21)11(25)17(29-3)33-13-8(22)6(20)4(2)30-18(13)32-12-9(23)10(24)16(28)31-14(12)15(26)27/h3-14,16-25,28H,1-2H3,(H,26,27)/t3-,4-,5-,6-,7+,8+,9+,10+,11+,12+,13+,14-,16+,17-,18-/m0/s1. The lowest BCUT2D eigenvalue weighted by Crippen LogP contribution is -2.66. The van der Waals surface area contributed by atoms with Gasteiger partial charge in [0.25, 0.3) is 0 Å². The molecule has 0 unspecified atom stereocenters. The van der Waals surface area contributed by atoms with Gasteiger partial charge in [-0.3, -0.25) is 0 Å². The van der Waals surface area contributed by atoms with Crippen LogP contribution >= 0.6 is 0 Å². The largest absolute Gasteiger partial charge is 0.479 e. The van der Waals surface area contributed by atoms with Gasteiger partial charge in [0, 0.05) is 0 Å². The Hall–Kier alpha value is -1.05. The van der Waals surface area contributed by atoms with E-state index in [0.717, 1.165) is 0 Å². The summed E-state index contributed by atoms with van der Waals surface area (Å²) in [5.74, 6) is -1.65. The van der Waals surface area contributed by atoms with E-state index >= 15 is 0 Å². The molecule has 15 nitrogen and oxygen atoms in total. The van der Waals surface area contributed by atoms with E-state index in [9.17, 15) is 50.8 Å². The first-order valence-electron chi connectivity index (χ1n) is 10.3. The Morgan fingerprint density at radius 1 is 0.606 bits per heavy atom. The van der Waals surface area contributed by atoms with Gasteiger partial charge in [0.15, 0.2) is 25.0 Å². The smallest absolute Gasteiger partial charge is 0.335 e. The second-order valence-electron chi connectivity index (χ2n) is 8.34. The van der Waals surface area contributed by atoms with E-state index in [0.29, 0.717) is 0 Å². The third kappa shape index (κ3) is 5.15. The Morgan fingerprint density at radius 3 is 1.67 bits per heavy atom. The molecule has 0 aliphatic carbocycles. The van der Waals surface area contributed by atoms with Gasteiger partial charge in [-0.25, -0.2) is 4.79 Å². The Kier molecular flexibility index (Phi) is 8.28. The predicted octanol–water partition coefficient (Wildman–Crippen LogP) is -5.43. The monoisotopic (exact) mass is 486 g/mol. The summed E-state index contributed by atoms with van der Waals surface area (Å²) >= 11 is 0. The maximum absolute atomic E-state index is 11.6. The lowest BCUT2D eigenvalue weighted by Gasteiger charge is -2.47. The Labute approximate surface area is 187 Å². The second-order valence-corrected chi connectivity index (χ2v) is 8.34. The van der Waals surface area contributed by atoms with Crippen LogP contribution in [0.2, 0.25) is 0 Å². The quantitative estimate of drug-likeness (QED) is 0.176. The number of carbonyl (C=O) groups is 1. The van der Waals surface area contributed by atoms with E-state index in [1.807, 2.05) is 0 Å². The van der Waals surface area contributed by atoms with Crippen LogP contribution in [0.1, 0.15) is 13.8 Å². The van der Waals surface area contributed by atoms with Gasteiger partial charge in [-0.15, -0.1) is 0 Å². The van der Waals surface area contributed by atoms with Gasteiger partial charge in [0.05, 0.1) is 12.2 Å². The first kappa shape index (κ1) is 26.6. The highest BCUT2D eigenvalue weighted by molar-refractivity contribution is 5.73. The van der Waals surface area contributed by atoms with E-state index in [2.05, 4.69) is 0 Å². The van der Waals surface area contributed by atoms with Crippen molar-refractivity contribution in [3.8, 4) is 0 Å². The van der Waals surface area contributed by atoms with Crippen LogP contribution in [0.25, 0.3) is 0 Å². The fraction of sp³-hybridized carbons (Fsp3) is 0.944. The second kappa shape index (κ2) is 10.3. The molecule has 15 heteroatoms. The van der Waals surface area contributed by atoms with Gasteiger partial charge in [-0.2, -0.15) is 0 Å². The number of ether oxygens (including phenoxy) is 5.